The maximum atomic E-state index is 12.7. The maximum Gasteiger partial charge on any atom is 0.336 e. The van der Waals surface area contributed by atoms with E-state index in [9.17, 15) is 29.7 Å². The predicted molar refractivity (Wildman–Crippen MR) is 172 cm³/mol. The second kappa shape index (κ2) is 19.4. The third-order valence-electron chi connectivity index (χ3n) is 7.39. The summed E-state index contributed by atoms with van der Waals surface area (Å²) in [7, 11) is 0. The number of carbonyl (C=O) groups excluding carboxylic acids is 2. The maximum absolute atomic E-state index is 12.7. The highest BCUT2D eigenvalue weighted by atomic mass is 16.5. The predicted octanol–water partition coefficient (Wildman–Crippen LogP) is 3.90. The van der Waals surface area contributed by atoms with Crippen LogP contribution in [0.2, 0.25) is 0 Å². The fourth-order valence-corrected chi connectivity index (χ4v) is 4.91. The molecule has 3 aromatic rings. The second-order valence-corrected chi connectivity index (χ2v) is 11.1. The van der Waals surface area contributed by atoms with Crippen LogP contribution in [0.15, 0.2) is 53.5 Å². The van der Waals surface area contributed by atoms with Gasteiger partial charge in [0.1, 0.15) is 18.9 Å². The van der Waals surface area contributed by atoms with E-state index >= 15 is 0 Å². The molecule has 0 aliphatic carbocycles. The Hall–Kier alpha value is -4.13. The molecule has 0 amide bonds. The Kier molecular flexibility index (Phi) is 15.3. The number of ether oxygens (including phenoxy) is 3. The number of hydrogen-bond acceptors (Lipinski definition) is 10. The van der Waals surface area contributed by atoms with E-state index in [-0.39, 0.29) is 31.4 Å². The molecule has 2 aromatic carbocycles. The summed E-state index contributed by atoms with van der Waals surface area (Å²) in [6, 6.07) is 12.4. The number of carbonyl (C=O) groups is 2. The molecule has 12 heteroatoms. The number of rotatable bonds is 21. The van der Waals surface area contributed by atoms with Gasteiger partial charge in [-0.15, -0.1) is 0 Å². The Morgan fingerprint density at radius 1 is 0.957 bits per heavy atom. The Morgan fingerprint density at radius 3 is 2.48 bits per heavy atom. The first-order valence-corrected chi connectivity index (χ1v) is 15.9. The molecule has 1 atom stereocenters. The van der Waals surface area contributed by atoms with Crippen molar-refractivity contribution in [2.75, 3.05) is 32.9 Å². The molecule has 0 saturated heterocycles. The molecule has 0 aliphatic rings. The lowest BCUT2D eigenvalue weighted by Gasteiger charge is -2.14. The lowest BCUT2D eigenvalue weighted by molar-refractivity contribution is -0.144. The van der Waals surface area contributed by atoms with Crippen LogP contribution in [0, 0.1) is 0 Å². The van der Waals surface area contributed by atoms with Crippen LogP contribution in [-0.2, 0) is 43.4 Å². The number of phenolic OH excluding ortho intramolecular Hbond substituents is 1. The molecule has 1 heterocycles. The SMILES string of the molecule is CCOC(=O)Cn1c(O)cn(-c2cccc(CCCCOCCCCCCNC[C@H](O)c3ccc(O)c(COC(C)=O)c3)c2)c1=O. The number of phenols is 1. The molecular formula is C34H47N3O9. The van der Waals surface area contributed by atoms with E-state index in [4.69, 9.17) is 14.2 Å². The molecule has 0 fully saturated rings. The minimum Gasteiger partial charge on any atom is -0.508 e. The molecule has 0 unspecified atom stereocenters. The average Bonchev–Trinajstić information content (AvgIpc) is 3.31. The first kappa shape index (κ1) is 36.3. The van der Waals surface area contributed by atoms with E-state index in [0.29, 0.717) is 36.6 Å². The van der Waals surface area contributed by atoms with Gasteiger partial charge in [-0.2, -0.15) is 0 Å². The van der Waals surface area contributed by atoms with E-state index in [0.717, 1.165) is 61.6 Å². The number of aliphatic hydroxyl groups excluding tert-OH is 1. The topological polar surface area (TPSA) is 161 Å². The minimum atomic E-state index is -0.732. The molecule has 4 N–H and O–H groups in total. The summed E-state index contributed by atoms with van der Waals surface area (Å²) in [5.74, 6) is -1.29. The monoisotopic (exact) mass is 641 g/mol. The van der Waals surface area contributed by atoms with E-state index in [1.165, 1.54) is 23.8 Å². The van der Waals surface area contributed by atoms with Crippen molar-refractivity contribution in [1.82, 2.24) is 14.5 Å². The fourth-order valence-electron chi connectivity index (χ4n) is 4.91. The van der Waals surface area contributed by atoms with Crippen LogP contribution in [0.3, 0.4) is 0 Å². The molecule has 46 heavy (non-hydrogen) atoms. The first-order valence-electron chi connectivity index (χ1n) is 15.9. The van der Waals surface area contributed by atoms with Crippen LogP contribution < -0.4 is 11.0 Å². The van der Waals surface area contributed by atoms with E-state index in [2.05, 4.69) is 5.32 Å². The summed E-state index contributed by atoms with van der Waals surface area (Å²) in [6.45, 7) is 5.37. The number of aromatic nitrogens is 2. The molecule has 3 rings (SSSR count). The highest BCUT2D eigenvalue weighted by Crippen LogP contribution is 2.23. The lowest BCUT2D eigenvalue weighted by Crippen LogP contribution is -2.27. The first-order chi connectivity index (χ1) is 22.2. The van der Waals surface area contributed by atoms with Gasteiger partial charge in [0.15, 0.2) is 0 Å². The highest BCUT2D eigenvalue weighted by molar-refractivity contribution is 5.69. The Labute approximate surface area is 269 Å². The minimum absolute atomic E-state index is 0.0251. The Balaban J connectivity index is 1.24. The van der Waals surface area contributed by atoms with Gasteiger partial charge >= 0.3 is 17.6 Å². The summed E-state index contributed by atoms with van der Waals surface area (Å²) in [5, 5.41) is 33.8. The number of imidazole rings is 1. The lowest BCUT2D eigenvalue weighted by atomic mass is 10.1. The van der Waals surface area contributed by atoms with Crippen molar-refractivity contribution in [3.05, 3.63) is 75.8 Å². The zero-order valence-electron chi connectivity index (χ0n) is 26.8. The van der Waals surface area contributed by atoms with E-state index in [1.54, 1.807) is 25.1 Å². The number of aryl methyl sites for hydroxylation is 1. The van der Waals surface area contributed by atoms with Crippen LogP contribution >= 0.6 is 0 Å². The number of benzene rings is 2. The van der Waals surface area contributed by atoms with E-state index < -0.39 is 23.7 Å². The molecule has 0 aliphatic heterocycles. The van der Waals surface area contributed by atoms with Crippen molar-refractivity contribution >= 4 is 11.9 Å². The molecule has 0 saturated carbocycles. The number of esters is 2. The number of nitrogens with zero attached hydrogens (tertiary/aromatic N) is 2. The number of hydrogen-bond donors (Lipinski definition) is 4. The fraction of sp³-hybridized carbons (Fsp3) is 0.500. The quantitative estimate of drug-likeness (QED) is 0.0992. The highest BCUT2D eigenvalue weighted by Gasteiger charge is 2.16. The Morgan fingerprint density at radius 2 is 1.72 bits per heavy atom. The molecule has 12 nitrogen and oxygen atoms in total. The molecule has 252 valence electrons. The Bertz CT molecular complexity index is 1450. The van der Waals surface area contributed by atoms with Crippen molar-refractivity contribution in [2.24, 2.45) is 0 Å². The summed E-state index contributed by atoms with van der Waals surface area (Å²) in [4.78, 5) is 35.5. The third kappa shape index (κ3) is 12.0. The number of aromatic hydroxyl groups is 2. The van der Waals surface area contributed by atoms with Gasteiger partial charge in [0.2, 0.25) is 5.88 Å². The summed E-state index contributed by atoms with van der Waals surface area (Å²) in [5.41, 5.74) is 2.28. The van der Waals surface area contributed by atoms with E-state index in [1.807, 2.05) is 18.2 Å². The van der Waals surface area contributed by atoms with Crippen molar-refractivity contribution in [1.29, 1.82) is 0 Å². The van der Waals surface area contributed by atoms with Gasteiger partial charge in [0.25, 0.3) is 0 Å². The molecule has 0 bridgehead atoms. The van der Waals surface area contributed by atoms with Crippen molar-refractivity contribution in [3.8, 4) is 17.3 Å². The third-order valence-corrected chi connectivity index (χ3v) is 7.39. The van der Waals surface area contributed by atoms with Crippen molar-refractivity contribution in [2.45, 2.75) is 78.0 Å². The van der Waals surface area contributed by atoms with Crippen molar-refractivity contribution in [3.63, 3.8) is 0 Å². The number of aliphatic hydroxyl groups is 1. The average molecular weight is 642 g/mol. The largest absolute Gasteiger partial charge is 0.508 e. The van der Waals surface area contributed by atoms with Gasteiger partial charge in [-0.25, -0.2) is 4.79 Å². The van der Waals surface area contributed by atoms with Gasteiger partial charge < -0.3 is 34.8 Å². The van der Waals surface area contributed by atoms with Gasteiger partial charge in [0.05, 0.1) is 24.6 Å². The normalized spacial score (nSPS) is 11.8. The van der Waals surface area contributed by atoms with Crippen molar-refractivity contribution < 1.29 is 39.1 Å². The van der Waals surface area contributed by atoms with Crippen LogP contribution in [0.5, 0.6) is 11.6 Å². The smallest absolute Gasteiger partial charge is 0.336 e. The van der Waals surface area contributed by atoms with Crippen LogP contribution in [0.4, 0.5) is 0 Å². The standard InChI is InChI=1S/C34H47N3O9/c1-3-45-33(42)23-37-32(41)22-36(34(37)43)29-13-10-12-26(19-29)11-6-9-18-44-17-8-5-4-7-16-35-21-31(40)27-14-15-30(39)28(20-27)24-46-25(2)38/h10,12-15,19-20,22,31,35,39-41H,3-9,11,16-18,21,23-24H2,1-2H3/t31-/m0/s1. The van der Waals surface area contributed by atoms with Gasteiger partial charge in [-0.05, 0) is 81.0 Å². The van der Waals surface area contributed by atoms with Crippen LogP contribution in [0.1, 0.15) is 75.2 Å². The summed E-state index contributed by atoms with van der Waals surface area (Å²) < 4.78 is 17.9. The molecule has 0 spiro atoms. The van der Waals surface area contributed by atoms with Crippen LogP contribution in [-0.4, -0.2) is 69.3 Å². The number of nitrogens with one attached hydrogen (secondary N) is 1. The van der Waals surface area contributed by atoms with Crippen LogP contribution in [0.25, 0.3) is 5.69 Å². The zero-order valence-corrected chi connectivity index (χ0v) is 26.8. The zero-order chi connectivity index (χ0) is 33.3. The number of unbranched alkanes of at least 4 members (excludes halogenated alkanes) is 4. The molecule has 0 radical (unpaired) electrons. The summed E-state index contributed by atoms with van der Waals surface area (Å²) >= 11 is 0. The molecule has 1 aromatic heterocycles. The molecular weight excluding hydrogens is 594 g/mol. The summed E-state index contributed by atoms with van der Waals surface area (Å²) in [6.07, 6.45) is 7.34. The van der Waals surface area contributed by atoms with Gasteiger partial charge in [-0.3, -0.25) is 18.7 Å². The van der Waals surface area contributed by atoms with Gasteiger partial charge in [-0.1, -0.05) is 31.0 Å². The van der Waals surface area contributed by atoms with Gasteiger partial charge in [0, 0.05) is 32.2 Å². The second-order valence-electron chi connectivity index (χ2n) is 11.1.